The van der Waals surface area contributed by atoms with Gasteiger partial charge in [-0.3, -0.25) is 9.79 Å². The lowest BCUT2D eigenvalue weighted by molar-refractivity contribution is -0.110. The summed E-state index contributed by atoms with van der Waals surface area (Å²) in [6.45, 7) is 5.99. The van der Waals surface area contributed by atoms with Crippen LogP contribution in [0.5, 0.6) is 0 Å². The Morgan fingerprint density at radius 3 is 2.79 bits per heavy atom. The van der Waals surface area contributed by atoms with Gasteiger partial charge in [0.1, 0.15) is 0 Å². The number of amides is 1. The van der Waals surface area contributed by atoms with Gasteiger partial charge in [0.05, 0.1) is 11.3 Å². The molecule has 0 saturated carbocycles. The molecule has 98 valence electrons. The predicted octanol–water partition coefficient (Wildman–Crippen LogP) is 3.80. The van der Waals surface area contributed by atoms with Crippen molar-refractivity contribution in [1.82, 2.24) is 0 Å². The first-order valence-corrected chi connectivity index (χ1v) is 6.48. The van der Waals surface area contributed by atoms with Crippen molar-refractivity contribution in [3.8, 4) is 0 Å². The summed E-state index contributed by atoms with van der Waals surface area (Å²) in [5, 5.41) is 2.86. The van der Waals surface area contributed by atoms with Gasteiger partial charge >= 0.3 is 0 Å². The largest absolute Gasteiger partial charge is 0.321 e. The Kier molecular flexibility index (Phi) is 3.95. The average Bonchev–Trinajstić information content (AvgIpc) is 2.74. The van der Waals surface area contributed by atoms with Crippen molar-refractivity contribution in [3.63, 3.8) is 0 Å². The van der Waals surface area contributed by atoms with Gasteiger partial charge in [0.2, 0.25) is 0 Å². The van der Waals surface area contributed by atoms with E-state index in [1.165, 1.54) is 0 Å². The van der Waals surface area contributed by atoms with Gasteiger partial charge in [-0.25, -0.2) is 0 Å². The van der Waals surface area contributed by atoms with Crippen molar-refractivity contribution in [2.24, 2.45) is 4.99 Å². The smallest absolute Gasteiger partial charge is 0.256 e. The molecule has 0 bridgehead atoms. The van der Waals surface area contributed by atoms with E-state index in [1.807, 2.05) is 50.3 Å². The maximum atomic E-state index is 12.0. The fourth-order valence-corrected chi connectivity index (χ4v) is 1.91. The van der Waals surface area contributed by atoms with Crippen molar-refractivity contribution in [2.75, 3.05) is 5.32 Å². The number of carbonyl (C=O) groups is 1. The molecule has 3 heteroatoms. The molecular weight excluding hydrogens is 236 g/mol. The topological polar surface area (TPSA) is 41.5 Å². The maximum Gasteiger partial charge on any atom is 0.256 e. The highest BCUT2D eigenvalue weighted by Crippen LogP contribution is 2.32. The van der Waals surface area contributed by atoms with Crippen LogP contribution in [-0.4, -0.2) is 11.6 Å². The monoisotopic (exact) mass is 254 g/mol. The van der Waals surface area contributed by atoms with Gasteiger partial charge in [0.25, 0.3) is 5.91 Å². The number of hydrogen-bond donors (Lipinski definition) is 1. The fourth-order valence-electron chi connectivity index (χ4n) is 1.91. The zero-order chi connectivity index (χ0) is 13.8. The average molecular weight is 254 g/mol. The second-order valence-corrected chi connectivity index (χ2v) is 4.47. The van der Waals surface area contributed by atoms with Crippen LogP contribution in [-0.2, 0) is 4.79 Å². The van der Waals surface area contributed by atoms with E-state index in [9.17, 15) is 4.79 Å². The molecule has 1 aromatic carbocycles. The minimum absolute atomic E-state index is 0.0649. The molecule has 0 unspecified atom stereocenters. The Balaban J connectivity index is 2.41. The Morgan fingerprint density at radius 1 is 1.37 bits per heavy atom. The van der Waals surface area contributed by atoms with Crippen LogP contribution < -0.4 is 5.32 Å². The predicted molar refractivity (Wildman–Crippen MR) is 80.2 cm³/mol. The number of nitrogens with one attached hydrogen (secondary N) is 1. The number of nitrogens with zero attached hydrogens (tertiary/aromatic N) is 1. The van der Waals surface area contributed by atoms with Gasteiger partial charge in [-0.15, -0.1) is 0 Å². The molecule has 1 aliphatic heterocycles. The molecule has 1 amide bonds. The van der Waals surface area contributed by atoms with Crippen LogP contribution in [0.4, 0.5) is 5.69 Å². The number of fused-ring (bicyclic) bond motifs is 1. The standard InChI is InChI=1S/C16H18N2O/c1-4-11(3)17-12(5-2)10-14-13-8-6-7-9-15(13)18-16(14)19/h5-10H,4H2,1-3H3,(H,18,19)/b12-5-,14-10+,17-11?. The zero-order valence-electron chi connectivity index (χ0n) is 11.5. The first-order valence-electron chi connectivity index (χ1n) is 6.48. The number of benzene rings is 1. The van der Waals surface area contributed by atoms with E-state index in [0.717, 1.165) is 29.1 Å². The normalized spacial score (nSPS) is 17.6. The van der Waals surface area contributed by atoms with Crippen LogP contribution in [0, 0.1) is 0 Å². The first-order chi connectivity index (χ1) is 9.15. The lowest BCUT2D eigenvalue weighted by Gasteiger charge is -2.00. The van der Waals surface area contributed by atoms with Crippen molar-refractivity contribution in [1.29, 1.82) is 0 Å². The molecule has 19 heavy (non-hydrogen) atoms. The van der Waals surface area contributed by atoms with Crippen LogP contribution in [0.25, 0.3) is 5.57 Å². The van der Waals surface area contributed by atoms with Gasteiger partial charge in [-0.1, -0.05) is 31.2 Å². The molecule has 0 aromatic heterocycles. The third-order valence-corrected chi connectivity index (χ3v) is 3.13. The molecule has 1 aliphatic rings. The Hall–Kier alpha value is -2.16. The van der Waals surface area contributed by atoms with Crippen molar-refractivity contribution in [3.05, 3.63) is 47.7 Å². The molecule has 0 spiro atoms. The third kappa shape index (κ3) is 2.81. The van der Waals surface area contributed by atoms with Crippen LogP contribution >= 0.6 is 0 Å². The molecule has 0 saturated heterocycles. The number of carbonyl (C=O) groups excluding carboxylic acids is 1. The number of para-hydroxylation sites is 1. The Bertz CT molecular complexity index is 595. The van der Waals surface area contributed by atoms with E-state index in [0.29, 0.717) is 5.57 Å². The summed E-state index contributed by atoms with van der Waals surface area (Å²) >= 11 is 0. The van der Waals surface area contributed by atoms with Gasteiger partial charge in [0, 0.05) is 17.0 Å². The molecular formula is C16H18N2O. The van der Waals surface area contributed by atoms with Crippen LogP contribution in [0.3, 0.4) is 0 Å². The van der Waals surface area contributed by atoms with Crippen LogP contribution in [0.1, 0.15) is 32.8 Å². The van der Waals surface area contributed by atoms with Crippen molar-refractivity contribution >= 4 is 22.9 Å². The summed E-state index contributed by atoms with van der Waals surface area (Å²) in [7, 11) is 0. The number of anilines is 1. The van der Waals surface area contributed by atoms with Gasteiger partial charge in [-0.05, 0) is 32.4 Å². The fraction of sp³-hybridized carbons (Fsp3) is 0.250. The molecule has 1 N–H and O–H groups in total. The highest BCUT2D eigenvalue weighted by atomic mass is 16.2. The zero-order valence-corrected chi connectivity index (χ0v) is 11.5. The van der Waals surface area contributed by atoms with Crippen LogP contribution in [0.15, 0.2) is 47.1 Å². The quantitative estimate of drug-likeness (QED) is 0.647. The highest BCUT2D eigenvalue weighted by Gasteiger charge is 2.23. The lowest BCUT2D eigenvalue weighted by Crippen LogP contribution is -2.04. The summed E-state index contributed by atoms with van der Waals surface area (Å²) in [6, 6.07) is 7.70. The molecule has 2 rings (SSSR count). The SMILES string of the molecule is C/C=C(/C=C1/C(=O)Nc2ccccc21)N=C(C)CC. The lowest BCUT2D eigenvalue weighted by atomic mass is 10.1. The minimum atomic E-state index is -0.0649. The summed E-state index contributed by atoms with van der Waals surface area (Å²) in [6.07, 6.45) is 4.67. The third-order valence-electron chi connectivity index (χ3n) is 3.13. The molecule has 0 radical (unpaired) electrons. The summed E-state index contributed by atoms with van der Waals surface area (Å²) in [5.41, 5.74) is 4.36. The molecule has 0 atom stereocenters. The summed E-state index contributed by atoms with van der Waals surface area (Å²) in [4.78, 5) is 16.5. The Morgan fingerprint density at radius 2 is 2.11 bits per heavy atom. The van der Waals surface area contributed by atoms with E-state index >= 15 is 0 Å². The molecule has 3 nitrogen and oxygen atoms in total. The second-order valence-electron chi connectivity index (χ2n) is 4.47. The maximum absolute atomic E-state index is 12.0. The number of aliphatic imine (C=N–C) groups is 1. The first kappa shape index (κ1) is 13.3. The van der Waals surface area contributed by atoms with E-state index in [1.54, 1.807) is 0 Å². The van der Waals surface area contributed by atoms with Crippen molar-refractivity contribution < 1.29 is 4.79 Å². The van der Waals surface area contributed by atoms with Gasteiger partial charge in [0.15, 0.2) is 0 Å². The van der Waals surface area contributed by atoms with E-state index in [4.69, 9.17) is 0 Å². The minimum Gasteiger partial charge on any atom is -0.321 e. The molecule has 1 heterocycles. The Labute approximate surface area is 113 Å². The summed E-state index contributed by atoms with van der Waals surface area (Å²) < 4.78 is 0. The summed E-state index contributed by atoms with van der Waals surface area (Å²) in [5.74, 6) is -0.0649. The molecule has 0 fully saturated rings. The number of rotatable bonds is 3. The van der Waals surface area contributed by atoms with E-state index in [2.05, 4.69) is 17.2 Å². The van der Waals surface area contributed by atoms with Crippen molar-refractivity contribution in [2.45, 2.75) is 27.2 Å². The molecule has 1 aromatic rings. The second kappa shape index (κ2) is 5.65. The van der Waals surface area contributed by atoms with Gasteiger partial charge < -0.3 is 5.32 Å². The van der Waals surface area contributed by atoms with Gasteiger partial charge in [-0.2, -0.15) is 0 Å². The number of hydrogen-bond acceptors (Lipinski definition) is 2. The van der Waals surface area contributed by atoms with E-state index < -0.39 is 0 Å². The van der Waals surface area contributed by atoms with E-state index in [-0.39, 0.29) is 5.91 Å². The van der Waals surface area contributed by atoms with Crippen LogP contribution in [0.2, 0.25) is 0 Å². The highest BCUT2D eigenvalue weighted by molar-refractivity contribution is 6.31. The molecule has 0 aliphatic carbocycles. The number of allylic oxidation sites excluding steroid dienone is 2.